The Hall–Kier alpha value is -1.99. The zero-order valence-electron chi connectivity index (χ0n) is 11.8. The summed E-state index contributed by atoms with van der Waals surface area (Å²) in [5, 5.41) is 0. The zero-order chi connectivity index (χ0) is 15.2. The van der Waals surface area contributed by atoms with Crippen LogP contribution in [0.1, 0.15) is 16.9 Å². The topological polar surface area (TPSA) is 77.8 Å². The molecule has 1 N–H and O–H groups in total. The molecule has 0 fully saturated rings. The number of ether oxygens (including phenoxy) is 2. The summed E-state index contributed by atoms with van der Waals surface area (Å²) in [6.07, 6.45) is 2.79. The van der Waals surface area contributed by atoms with E-state index in [0.717, 1.165) is 5.56 Å². The van der Waals surface area contributed by atoms with Gasteiger partial charge in [-0.05, 0) is 18.2 Å². The molecule has 3 heterocycles. The first-order valence-corrected chi connectivity index (χ1v) is 8.60. The first kappa shape index (κ1) is 13.7. The molecule has 22 heavy (non-hydrogen) atoms. The SMILES string of the molecule is O=S(=O)(NCc1ccco1)c1c2c(cc3c1OCC3)OCC2. The number of rotatable bonds is 4. The number of hydrogen-bond donors (Lipinski definition) is 1. The quantitative estimate of drug-likeness (QED) is 0.926. The lowest BCUT2D eigenvalue weighted by Gasteiger charge is -2.13. The van der Waals surface area contributed by atoms with Crippen LogP contribution in [-0.2, 0) is 29.4 Å². The largest absolute Gasteiger partial charge is 0.493 e. The van der Waals surface area contributed by atoms with Crippen molar-refractivity contribution >= 4 is 10.0 Å². The van der Waals surface area contributed by atoms with E-state index in [9.17, 15) is 8.42 Å². The van der Waals surface area contributed by atoms with Crippen molar-refractivity contribution in [2.45, 2.75) is 24.3 Å². The van der Waals surface area contributed by atoms with Gasteiger partial charge in [-0.3, -0.25) is 0 Å². The molecule has 0 bridgehead atoms. The highest BCUT2D eigenvalue weighted by Gasteiger charge is 2.33. The van der Waals surface area contributed by atoms with E-state index in [1.54, 1.807) is 12.1 Å². The molecule has 116 valence electrons. The van der Waals surface area contributed by atoms with Gasteiger partial charge in [0.1, 0.15) is 22.2 Å². The van der Waals surface area contributed by atoms with Gasteiger partial charge in [0.05, 0.1) is 26.0 Å². The van der Waals surface area contributed by atoms with Gasteiger partial charge >= 0.3 is 0 Å². The molecule has 2 aliphatic heterocycles. The molecular formula is C15H15NO5S. The smallest absolute Gasteiger partial charge is 0.245 e. The van der Waals surface area contributed by atoms with Crippen LogP contribution in [0.2, 0.25) is 0 Å². The van der Waals surface area contributed by atoms with Gasteiger partial charge in [-0.15, -0.1) is 0 Å². The van der Waals surface area contributed by atoms with Crippen LogP contribution in [0.4, 0.5) is 0 Å². The predicted molar refractivity (Wildman–Crippen MR) is 77.6 cm³/mol. The molecule has 0 amide bonds. The molecule has 0 unspecified atom stereocenters. The number of sulfonamides is 1. The lowest BCUT2D eigenvalue weighted by atomic mass is 10.1. The van der Waals surface area contributed by atoms with Crippen LogP contribution in [0.5, 0.6) is 11.5 Å². The van der Waals surface area contributed by atoms with Crippen LogP contribution in [0.25, 0.3) is 0 Å². The maximum absolute atomic E-state index is 12.8. The third-order valence-corrected chi connectivity index (χ3v) is 5.38. The molecule has 0 atom stereocenters. The Kier molecular flexibility index (Phi) is 3.12. The van der Waals surface area contributed by atoms with Gasteiger partial charge in [0.2, 0.25) is 10.0 Å². The number of benzene rings is 1. The minimum Gasteiger partial charge on any atom is -0.493 e. The lowest BCUT2D eigenvalue weighted by Crippen LogP contribution is -2.24. The molecule has 0 radical (unpaired) electrons. The number of furan rings is 1. The van der Waals surface area contributed by atoms with E-state index in [1.165, 1.54) is 6.26 Å². The second kappa shape index (κ2) is 5.03. The Labute approximate surface area is 128 Å². The number of fused-ring (bicyclic) bond motifs is 2. The van der Waals surface area contributed by atoms with E-state index in [4.69, 9.17) is 13.9 Å². The summed E-state index contributed by atoms with van der Waals surface area (Å²) in [5.74, 6) is 1.68. The van der Waals surface area contributed by atoms with E-state index >= 15 is 0 Å². The van der Waals surface area contributed by atoms with Crippen molar-refractivity contribution in [2.75, 3.05) is 13.2 Å². The van der Waals surface area contributed by atoms with E-state index in [1.807, 2.05) is 6.07 Å². The van der Waals surface area contributed by atoms with Gasteiger partial charge in [0, 0.05) is 24.0 Å². The maximum atomic E-state index is 12.8. The average molecular weight is 321 g/mol. The summed E-state index contributed by atoms with van der Waals surface area (Å²) in [4.78, 5) is 0.224. The molecule has 0 spiro atoms. The van der Waals surface area contributed by atoms with E-state index in [2.05, 4.69) is 4.72 Å². The lowest BCUT2D eigenvalue weighted by molar-refractivity contribution is 0.347. The third-order valence-electron chi connectivity index (χ3n) is 3.89. The Bertz CT molecular complexity index is 779. The van der Waals surface area contributed by atoms with Gasteiger partial charge < -0.3 is 13.9 Å². The fraction of sp³-hybridized carbons (Fsp3) is 0.333. The maximum Gasteiger partial charge on any atom is 0.245 e. The standard InChI is InChI=1S/C15H15NO5S/c17-22(18,16-9-11-2-1-5-19-11)15-12-4-7-20-13(12)8-10-3-6-21-14(10)15/h1-2,5,8,16H,3-4,6-7,9H2. The van der Waals surface area contributed by atoms with E-state index in [0.29, 0.717) is 48.9 Å². The van der Waals surface area contributed by atoms with Gasteiger partial charge in [0.25, 0.3) is 0 Å². The van der Waals surface area contributed by atoms with E-state index < -0.39 is 10.0 Å². The van der Waals surface area contributed by atoms with Crippen LogP contribution < -0.4 is 14.2 Å². The first-order valence-electron chi connectivity index (χ1n) is 7.11. The van der Waals surface area contributed by atoms with Gasteiger partial charge in [0.15, 0.2) is 0 Å². The minimum absolute atomic E-state index is 0.106. The van der Waals surface area contributed by atoms with Gasteiger partial charge in [-0.2, -0.15) is 0 Å². The van der Waals surface area contributed by atoms with E-state index in [-0.39, 0.29) is 11.4 Å². The van der Waals surface area contributed by atoms with Crippen LogP contribution in [0, 0.1) is 0 Å². The molecule has 0 aliphatic carbocycles. The van der Waals surface area contributed by atoms with Gasteiger partial charge in [-0.1, -0.05) is 0 Å². The summed E-state index contributed by atoms with van der Waals surface area (Å²) in [7, 11) is -3.70. The monoisotopic (exact) mass is 321 g/mol. The fourth-order valence-electron chi connectivity index (χ4n) is 2.88. The van der Waals surface area contributed by atoms with Crippen molar-refractivity contribution in [2.24, 2.45) is 0 Å². The molecule has 1 aromatic heterocycles. The van der Waals surface area contributed by atoms with Crippen molar-refractivity contribution in [3.63, 3.8) is 0 Å². The number of nitrogens with one attached hydrogen (secondary N) is 1. The Morgan fingerprint density at radius 3 is 2.86 bits per heavy atom. The Balaban J connectivity index is 1.75. The van der Waals surface area contributed by atoms with Crippen molar-refractivity contribution < 1.29 is 22.3 Å². The van der Waals surface area contributed by atoms with Crippen LogP contribution in [0.3, 0.4) is 0 Å². The number of hydrogen-bond acceptors (Lipinski definition) is 5. The van der Waals surface area contributed by atoms with Crippen LogP contribution in [0.15, 0.2) is 33.8 Å². The molecule has 0 saturated heterocycles. The summed E-state index contributed by atoms with van der Waals surface area (Å²) >= 11 is 0. The molecule has 4 rings (SSSR count). The van der Waals surface area contributed by atoms with Crippen molar-refractivity contribution in [1.82, 2.24) is 4.72 Å². The van der Waals surface area contributed by atoms with Crippen molar-refractivity contribution in [3.8, 4) is 11.5 Å². The molecular weight excluding hydrogens is 306 g/mol. The summed E-state index contributed by atoms with van der Waals surface area (Å²) < 4.78 is 44.4. The normalized spacial score (nSPS) is 16.0. The second-order valence-corrected chi connectivity index (χ2v) is 6.98. The fourth-order valence-corrected chi connectivity index (χ4v) is 4.31. The van der Waals surface area contributed by atoms with Gasteiger partial charge in [-0.25, -0.2) is 13.1 Å². The van der Waals surface area contributed by atoms with Crippen molar-refractivity contribution in [1.29, 1.82) is 0 Å². The molecule has 7 heteroatoms. The Morgan fingerprint density at radius 1 is 1.18 bits per heavy atom. The highest BCUT2D eigenvalue weighted by atomic mass is 32.2. The predicted octanol–water partition coefficient (Wildman–Crippen LogP) is 1.63. The first-order chi connectivity index (χ1) is 10.6. The molecule has 0 saturated carbocycles. The molecule has 1 aromatic carbocycles. The van der Waals surface area contributed by atoms with Crippen LogP contribution >= 0.6 is 0 Å². The highest BCUT2D eigenvalue weighted by molar-refractivity contribution is 7.89. The minimum atomic E-state index is -3.70. The van der Waals surface area contributed by atoms with Crippen LogP contribution in [-0.4, -0.2) is 21.6 Å². The summed E-state index contributed by atoms with van der Waals surface area (Å²) in [5.41, 5.74) is 1.59. The average Bonchev–Trinajstić information content (AvgIpc) is 3.22. The second-order valence-electron chi connectivity index (χ2n) is 5.27. The zero-order valence-corrected chi connectivity index (χ0v) is 12.6. The highest BCUT2D eigenvalue weighted by Crippen LogP contribution is 2.42. The molecule has 6 nitrogen and oxygen atoms in total. The third kappa shape index (κ3) is 2.17. The van der Waals surface area contributed by atoms with Crippen molar-refractivity contribution in [3.05, 3.63) is 41.3 Å². The Morgan fingerprint density at radius 2 is 2.05 bits per heavy atom. The summed E-state index contributed by atoms with van der Waals surface area (Å²) in [6, 6.07) is 5.34. The molecule has 2 aromatic rings. The summed E-state index contributed by atoms with van der Waals surface area (Å²) in [6.45, 7) is 1.10. The molecule has 2 aliphatic rings.